The van der Waals surface area contributed by atoms with Crippen LogP contribution < -0.4 is 4.90 Å². The zero-order valence-corrected chi connectivity index (χ0v) is 29.7. The number of unbranched alkanes of at least 4 members (excludes halogenated alkanes) is 1. The first-order valence-corrected chi connectivity index (χ1v) is 18.4. The van der Waals surface area contributed by atoms with Crippen molar-refractivity contribution in [1.82, 2.24) is 4.90 Å². The van der Waals surface area contributed by atoms with Gasteiger partial charge in [-0.2, -0.15) is 5.26 Å². The average molecular weight is 682 g/mol. The van der Waals surface area contributed by atoms with Gasteiger partial charge in [-0.25, -0.2) is 0 Å². The molecule has 6 rings (SSSR count). The smallest absolute Gasteiger partial charge is 0.271 e. The summed E-state index contributed by atoms with van der Waals surface area (Å²) in [6.07, 6.45) is 5.78. The molecular formula is C42H39N3O2S2. The lowest BCUT2D eigenvalue weighted by Gasteiger charge is -2.30. The van der Waals surface area contributed by atoms with Gasteiger partial charge in [0.05, 0.1) is 0 Å². The van der Waals surface area contributed by atoms with Crippen LogP contribution in [0.4, 0.5) is 17.1 Å². The summed E-state index contributed by atoms with van der Waals surface area (Å²) < 4.78 is 0. The highest BCUT2D eigenvalue weighted by Gasteiger charge is 2.36. The summed E-state index contributed by atoms with van der Waals surface area (Å²) in [4.78, 5) is 34.8. The third-order valence-electron chi connectivity index (χ3n) is 9.01. The molecule has 3 aromatic carbocycles. The van der Waals surface area contributed by atoms with Gasteiger partial charge in [-0.3, -0.25) is 14.5 Å². The molecule has 0 spiro atoms. The molecule has 1 aliphatic heterocycles. The molecule has 7 heteroatoms. The Labute approximate surface area is 297 Å². The van der Waals surface area contributed by atoms with Gasteiger partial charge in [0.15, 0.2) is 0 Å². The minimum absolute atomic E-state index is 0.0533. The van der Waals surface area contributed by atoms with Gasteiger partial charge < -0.3 is 4.90 Å². The molecule has 3 heterocycles. The van der Waals surface area contributed by atoms with Gasteiger partial charge in [0.2, 0.25) is 0 Å². The molecule has 0 aliphatic carbocycles. The molecule has 1 unspecified atom stereocenters. The van der Waals surface area contributed by atoms with Gasteiger partial charge in [-0.1, -0.05) is 81.6 Å². The van der Waals surface area contributed by atoms with Crippen LogP contribution in [0, 0.1) is 17.2 Å². The summed E-state index contributed by atoms with van der Waals surface area (Å²) in [5.41, 5.74) is 5.35. The number of carbonyl (C=O) groups excluding carboxylic acids is 2. The van der Waals surface area contributed by atoms with Crippen LogP contribution in [0.3, 0.4) is 0 Å². The maximum atomic E-state index is 13.7. The molecule has 0 bridgehead atoms. The molecule has 0 saturated heterocycles. The molecule has 2 aromatic heterocycles. The standard InChI is InChI=1S/C42H39N3O2S2/c1-4-6-13-30(5-2)28-44-41(46)36(29(3)37(27-43)42(44)47)26-35-22-23-39(48-35)40-25-24-38(49-40)31-18-20-34(21-19-31)45(32-14-9-7-10-15-32)33-16-11-8-12-17-33/h7-12,14-26,30H,4-6,13,28H2,1-3H3/b36-26-. The second-order valence-electron chi connectivity index (χ2n) is 12.2. The van der Waals surface area contributed by atoms with E-state index in [-0.39, 0.29) is 17.4 Å². The minimum atomic E-state index is -0.476. The first-order chi connectivity index (χ1) is 23.9. The lowest BCUT2D eigenvalue weighted by atomic mass is 9.92. The second-order valence-corrected chi connectivity index (χ2v) is 14.4. The highest BCUT2D eigenvalue weighted by atomic mass is 32.1. The molecule has 49 heavy (non-hydrogen) atoms. The van der Waals surface area contributed by atoms with E-state index in [1.807, 2.05) is 24.3 Å². The van der Waals surface area contributed by atoms with Crippen LogP contribution in [-0.4, -0.2) is 23.3 Å². The van der Waals surface area contributed by atoms with Crippen LogP contribution in [0.5, 0.6) is 0 Å². The third-order valence-corrected chi connectivity index (χ3v) is 11.4. The van der Waals surface area contributed by atoms with Crippen molar-refractivity contribution in [1.29, 1.82) is 5.26 Å². The van der Waals surface area contributed by atoms with Crippen molar-refractivity contribution in [2.75, 3.05) is 11.4 Å². The van der Waals surface area contributed by atoms with Crippen LogP contribution >= 0.6 is 22.7 Å². The summed E-state index contributed by atoms with van der Waals surface area (Å²) >= 11 is 3.33. The lowest BCUT2D eigenvalue weighted by Crippen LogP contribution is -2.45. The summed E-state index contributed by atoms with van der Waals surface area (Å²) in [6.45, 7) is 6.28. The van der Waals surface area contributed by atoms with Crippen LogP contribution in [0.25, 0.3) is 26.3 Å². The van der Waals surface area contributed by atoms with Crippen molar-refractivity contribution in [3.63, 3.8) is 0 Å². The molecule has 2 amide bonds. The largest absolute Gasteiger partial charge is 0.311 e. The Morgan fingerprint density at radius 3 is 1.96 bits per heavy atom. The molecule has 0 N–H and O–H groups in total. The fourth-order valence-corrected chi connectivity index (χ4v) is 8.23. The Kier molecular flexibility index (Phi) is 10.7. The molecule has 0 radical (unpaired) electrons. The number of rotatable bonds is 12. The number of para-hydroxylation sites is 2. The van der Waals surface area contributed by atoms with Gasteiger partial charge in [0.1, 0.15) is 11.6 Å². The van der Waals surface area contributed by atoms with Gasteiger partial charge in [-0.15, -0.1) is 22.7 Å². The van der Waals surface area contributed by atoms with Crippen molar-refractivity contribution >= 4 is 57.6 Å². The fraction of sp³-hybridized carbons (Fsp3) is 0.214. The van der Waals surface area contributed by atoms with Crippen LogP contribution in [0.2, 0.25) is 0 Å². The Hall–Kier alpha value is -5.03. The topological polar surface area (TPSA) is 64.4 Å². The van der Waals surface area contributed by atoms with Gasteiger partial charge in [0, 0.05) is 48.7 Å². The molecular weight excluding hydrogens is 643 g/mol. The summed E-state index contributed by atoms with van der Waals surface area (Å²) in [6, 6.07) is 39.9. The van der Waals surface area contributed by atoms with E-state index in [0.717, 1.165) is 62.9 Å². The Morgan fingerprint density at radius 1 is 0.755 bits per heavy atom. The molecule has 1 atom stereocenters. The molecule has 246 valence electrons. The number of anilines is 3. The van der Waals surface area contributed by atoms with Crippen molar-refractivity contribution in [2.45, 2.75) is 46.5 Å². The third kappa shape index (κ3) is 7.36. The number of hydrogen-bond acceptors (Lipinski definition) is 6. The number of amides is 2. The second kappa shape index (κ2) is 15.5. The molecule has 1 aliphatic rings. The van der Waals surface area contributed by atoms with Crippen LogP contribution in [0.1, 0.15) is 51.3 Å². The maximum absolute atomic E-state index is 13.7. The fourth-order valence-electron chi connectivity index (χ4n) is 6.18. The molecule has 5 nitrogen and oxygen atoms in total. The predicted molar refractivity (Wildman–Crippen MR) is 204 cm³/mol. The number of benzene rings is 3. The zero-order chi connectivity index (χ0) is 34.3. The molecule has 5 aromatic rings. The van der Waals surface area contributed by atoms with E-state index in [0.29, 0.717) is 17.7 Å². The van der Waals surface area contributed by atoms with Crippen molar-refractivity contribution in [2.24, 2.45) is 5.92 Å². The minimum Gasteiger partial charge on any atom is -0.311 e. The highest BCUT2D eigenvalue weighted by Crippen LogP contribution is 2.41. The summed E-state index contributed by atoms with van der Waals surface area (Å²) in [5, 5.41) is 9.86. The van der Waals surface area contributed by atoms with E-state index in [4.69, 9.17) is 0 Å². The summed E-state index contributed by atoms with van der Waals surface area (Å²) in [7, 11) is 0. The Bertz CT molecular complexity index is 1990. The number of carbonyl (C=O) groups is 2. The number of nitrogens with zero attached hydrogens (tertiary/aromatic N) is 3. The predicted octanol–water partition coefficient (Wildman–Crippen LogP) is 11.4. The summed E-state index contributed by atoms with van der Waals surface area (Å²) in [5.74, 6) is -0.570. The average Bonchev–Trinajstić information content (AvgIpc) is 3.82. The monoisotopic (exact) mass is 681 g/mol. The Balaban J connectivity index is 1.23. The first-order valence-electron chi connectivity index (χ1n) is 16.8. The van der Waals surface area contributed by atoms with E-state index >= 15 is 0 Å². The van der Waals surface area contributed by atoms with Crippen LogP contribution in [-0.2, 0) is 9.59 Å². The quantitative estimate of drug-likeness (QED) is 0.0971. The van der Waals surface area contributed by atoms with Crippen molar-refractivity contribution < 1.29 is 9.59 Å². The van der Waals surface area contributed by atoms with Crippen molar-refractivity contribution in [3.8, 4) is 26.3 Å². The lowest BCUT2D eigenvalue weighted by molar-refractivity contribution is -0.141. The van der Waals surface area contributed by atoms with E-state index in [1.54, 1.807) is 29.6 Å². The van der Waals surface area contributed by atoms with E-state index in [1.165, 1.54) is 9.78 Å². The number of imide groups is 1. The number of hydrogen-bond donors (Lipinski definition) is 0. The SMILES string of the molecule is CCCCC(CC)CN1C(=O)C(C#N)=C(C)/C(=C/c2ccc(-c3ccc(-c4ccc(N(c5ccccc5)c5ccccc5)cc4)s3)s2)C1=O. The van der Waals surface area contributed by atoms with Gasteiger partial charge >= 0.3 is 0 Å². The van der Waals surface area contributed by atoms with E-state index in [2.05, 4.69) is 116 Å². The van der Waals surface area contributed by atoms with Gasteiger partial charge in [0.25, 0.3) is 11.8 Å². The van der Waals surface area contributed by atoms with Gasteiger partial charge in [-0.05, 0) is 97.1 Å². The Morgan fingerprint density at radius 2 is 1.35 bits per heavy atom. The van der Waals surface area contributed by atoms with E-state index < -0.39 is 5.91 Å². The number of nitriles is 1. The zero-order valence-electron chi connectivity index (χ0n) is 28.1. The normalized spacial score (nSPS) is 14.7. The number of thiophene rings is 2. The van der Waals surface area contributed by atoms with E-state index in [9.17, 15) is 14.9 Å². The highest BCUT2D eigenvalue weighted by molar-refractivity contribution is 7.24. The van der Waals surface area contributed by atoms with Crippen LogP contribution in [0.15, 0.2) is 126 Å². The first kappa shape index (κ1) is 33.9. The molecule has 0 saturated carbocycles. The molecule has 0 fully saturated rings. The maximum Gasteiger partial charge on any atom is 0.271 e. The van der Waals surface area contributed by atoms with Crippen molar-refractivity contribution in [3.05, 3.63) is 131 Å².